The third-order valence-corrected chi connectivity index (χ3v) is 6.61. The molecule has 0 aromatic carbocycles. The molecule has 2 aromatic heterocycles. The SMILES string of the molecule is CN(C)c1nc(N)nc2c1ncn2[C@@H]1O[C@H](COP(=O)(O)OP(=O)(O)O)[C@@H](O)[C@@]1(C)O. The van der Waals surface area contributed by atoms with Crippen LogP contribution in [0.3, 0.4) is 0 Å². The van der Waals surface area contributed by atoms with E-state index in [-0.39, 0.29) is 11.6 Å². The highest BCUT2D eigenvalue weighted by atomic mass is 31.3. The van der Waals surface area contributed by atoms with Crippen LogP contribution in [0.25, 0.3) is 11.2 Å². The minimum absolute atomic E-state index is 0.0770. The second-order valence-corrected chi connectivity index (χ2v) is 9.99. The molecule has 1 aliphatic heterocycles. The van der Waals surface area contributed by atoms with Gasteiger partial charge in [-0.3, -0.25) is 9.09 Å². The highest BCUT2D eigenvalue weighted by Crippen LogP contribution is 2.58. The minimum atomic E-state index is -5.32. The maximum atomic E-state index is 11.6. The van der Waals surface area contributed by atoms with E-state index in [1.807, 2.05) is 0 Å². The fourth-order valence-corrected chi connectivity index (χ4v) is 4.70. The maximum Gasteiger partial charge on any atom is 0.481 e. The molecule has 3 heterocycles. The highest BCUT2D eigenvalue weighted by molar-refractivity contribution is 7.60. The highest BCUT2D eigenvalue weighted by Gasteiger charge is 2.54. The smallest absolute Gasteiger partial charge is 0.387 e. The zero-order valence-corrected chi connectivity index (χ0v) is 18.3. The fraction of sp³-hybridized carbons (Fsp3) is 0.615. The van der Waals surface area contributed by atoms with Crippen LogP contribution >= 0.6 is 15.6 Å². The summed E-state index contributed by atoms with van der Waals surface area (Å²) in [5, 5.41) is 21.3. The van der Waals surface area contributed by atoms with Gasteiger partial charge in [-0.15, -0.1) is 0 Å². The number of nitrogens with two attached hydrogens (primary N) is 1. The number of nitrogen functional groups attached to an aromatic ring is 1. The van der Waals surface area contributed by atoms with Gasteiger partial charge < -0.3 is 40.3 Å². The summed E-state index contributed by atoms with van der Waals surface area (Å²) in [7, 11) is -7.07. The number of anilines is 2. The number of aliphatic hydroxyl groups excluding tert-OH is 1. The van der Waals surface area contributed by atoms with Crippen LogP contribution in [-0.4, -0.2) is 82.9 Å². The lowest BCUT2D eigenvalue weighted by Gasteiger charge is -2.27. The number of phosphoric acid groups is 2. The number of rotatable bonds is 7. The van der Waals surface area contributed by atoms with Gasteiger partial charge in [-0.1, -0.05) is 0 Å². The Morgan fingerprint density at radius 1 is 1.32 bits per heavy atom. The van der Waals surface area contributed by atoms with E-state index in [2.05, 4.69) is 23.8 Å². The lowest BCUT2D eigenvalue weighted by molar-refractivity contribution is -0.0949. The van der Waals surface area contributed by atoms with Crippen molar-refractivity contribution in [1.29, 1.82) is 0 Å². The van der Waals surface area contributed by atoms with Crippen molar-refractivity contribution < 1.29 is 47.6 Å². The first-order valence-corrected chi connectivity index (χ1v) is 11.6. The molecule has 174 valence electrons. The van der Waals surface area contributed by atoms with Crippen LogP contribution in [0.15, 0.2) is 6.33 Å². The Bertz CT molecular complexity index is 1070. The molecule has 1 aliphatic rings. The van der Waals surface area contributed by atoms with E-state index < -0.39 is 46.3 Å². The minimum Gasteiger partial charge on any atom is -0.387 e. The molecule has 0 amide bonds. The van der Waals surface area contributed by atoms with Gasteiger partial charge in [0.1, 0.15) is 17.8 Å². The Morgan fingerprint density at radius 3 is 2.55 bits per heavy atom. The molecule has 31 heavy (non-hydrogen) atoms. The van der Waals surface area contributed by atoms with Gasteiger partial charge in [-0.2, -0.15) is 14.3 Å². The Kier molecular flexibility index (Phi) is 6.19. The number of nitrogens with zero attached hydrogens (tertiary/aromatic N) is 5. The molecule has 0 radical (unpaired) electrons. The van der Waals surface area contributed by atoms with Crippen LogP contribution in [-0.2, 0) is 22.7 Å². The van der Waals surface area contributed by atoms with Gasteiger partial charge in [0.05, 0.1) is 12.9 Å². The van der Waals surface area contributed by atoms with Crippen molar-refractivity contribution in [2.24, 2.45) is 0 Å². The topological polar surface area (TPSA) is 236 Å². The van der Waals surface area contributed by atoms with Gasteiger partial charge >= 0.3 is 15.6 Å². The molecule has 0 saturated carbocycles. The third kappa shape index (κ3) is 4.88. The molecule has 5 atom stereocenters. The number of fused-ring (bicyclic) bond motifs is 1. The van der Waals surface area contributed by atoms with Crippen LogP contribution in [0.2, 0.25) is 0 Å². The summed E-state index contributed by atoms with van der Waals surface area (Å²) in [5.74, 6) is 0.321. The molecule has 0 bridgehead atoms. The Balaban J connectivity index is 1.89. The number of hydrogen-bond acceptors (Lipinski definition) is 12. The van der Waals surface area contributed by atoms with Crippen LogP contribution < -0.4 is 10.6 Å². The summed E-state index contributed by atoms with van der Waals surface area (Å²) >= 11 is 0. The molecule has 7 N–H and O–H groups in total. The average molecular weight is 484 g/mol. The third-order valence-electron chi connectivity index (χ3n) is 4.46. The van der Waals surface area contributed by atoms with Crippen molar-refractivity contribution in [3.63, 3.8) is 0 Å². The standard InChI is InChI=1S/C13H22N6O10P2/c1-13(21)8(20)6(4-27-31(25,26)29-30(22,23)24)28-11(13)19-5-15-7-9(18(2)3)16-12(14)17-10(7)19/h5-6,8,11,20-21H,4H2,1-3H3,(H,25,26)(H2,14,16,17)(H2,22,23,24)/t6-,8-,11-,13-/m1/s1. The van der Waals surface area contributed by atoms with E-state index >= 15 is 0 Å². The quantitative estimate of drug-likeness (QED) is 0.251. The van der Waals surface area contributed by atoms with Crippen LogP contribution in [0.5, 0.6) is 0 Å². The van der Waals surface area contributed by atoms with Crippen LogP contribution in [0, 0.1) is 0 Å². The second-order valence-electron chi connectivity index (χ2n) is 7.16. The lowest BCUT2D eigenvalue weighted by Crippen LogP contribution is -2.44. The molecule has 1 fully saturated rings. The Hall–Kier alpha value is -1.71. The van der Waals surface area contributed by atoms with Gasteiger partial charge in [0.15, 0.2) is 23.2 Å². The summed E-state index contributed by atoms with van der Waals surface area (Å²) in [6.45, 7) is 0.407. The number of phosphoric ester groups is 1. The number of imidazole rings is 1. The number of aliphatic hydroxyl groups is 2. The van der Waals surface area contributed by atoms with Gasteiger partial charge in [-0.25, -0.2) is 14.1 Å². The molecule has 1 unspecified atom stereocenters. The van der Waals surface area contributed by atoms with E-state index in [0.717, 1.165) is 0 Å². The number of ether oxygens (including phenoxy) is 1. The van der Waals surface area contributed by atoms with E-state index in [0.29, 0.717) is 11.3 Å². The van der Waals surface area contributed by atoms with Gasteiger partial charge in [0.25, 0.3) is 0 Å². The van der Waals surface area contributed by atoms with Crippen LogP contribution in [0.4, 0.5) is 11.8 Å². The lowest BCUT2D eigenvalue weighted by atomic mass is 9.96. The van der Waals surface area contributed by atoms with E-state index in [9.17, 15) is 24.2 Å². The van der Waals surface area contributed by atoms with Crippen molar-refractivity contribution in [2.75, 3.05) is 31.3 Å². The largest absolute Gasteiger partial charge is 0.481 e. The summed E-state index contributed by atoms with van der Waals surface area (Å²) in [5.41, 5.74) is 4.33. The molecule has 3 rings (SSSR count). The first-order chi connectivity index (χ1) is 14.1. The van der Waals surface area contributed by atoms with Crippen molar-refractivity contribution in [2.45, 2.75) is 31.0 Å². The van der Waals surface area contributed by atoms with Crippen molar-refractivity contribution in [3.05, 3.63) is 6.33 Å². The number of hydrogen-bond donors (Lipinski definition) is 6. The van der Waals surface area contributed by atoms with Gasteiger partial charge in [-0.05, 0) is 6.92 Å². The average Bonchev–Trinajstić information content (AvgIpc) is 3.10. The van der Waals surface area contributed by atoms with Gasteiger partial charge in [0, 0.05) is 14.1 Å². The normalized spacial score (nSPS) is 28.7. The predicted octanol–water partition coefficient (Wildman–Crippen LogP) is -1.29. The maximum absolute atomic E-state index is 11.6. The molecule has 18 heteroatoms. The van der Waals surface area contributed by atoms with E-state index in [4.69, 9.17) is 20.3 Å². The molecule has 16 nitrogen and oxygen atoms in total. The van der Waals surface area contributed by atoms with E-state index in [1.165, 1.54) is 17.8 Å². The van der Waals surface area contributed by atoms with Crippen molar-refractivity contribution in [1.82, 2.24) is 19.5 Å². The zero-order chi connectivity index (χ0) is 23.4. The number of aromatic nitrogens is 4. The summed E-state index contributed by atoms with van der Waals surface area (Å²) in [4.78, 5) is 40.8. The predicted molar refractivity (Wildman–Crippen MR) is 104 cm³/mol. The Morgan fingerprint density at radius 2 is 1.97 bits per heavy atom. The molecular weight excluding hydrogens is 462 g/mol. The Labute approximate surface area is 175 Å². The van der Waals surface area contributed by atoms with Crippen molar-refractivity contribution >= 4 is 38.6 Å². The monoisotopic (exact) mass is 484 g/mol. The first-order valence-electron chi connectivity index (χ1n) is 8.60. The summed E-state index contributed by atoms with van der Waals surface area (Å²) in [6.07, 6.45) is -3.02. The van der Waals surface area contributed by atoms with Crippen LogP contribution in [0.1, 0.15) is 13.2 Å². The first kappa shape index (κ1) is 23.9. The molecule has 1 saturated heterocycles. The summed E-state index contributed by atoms with van der Waals surface area (Å²) < 4.78 is 37.5. The zero-order valence-electron chi connectivity index (χ0n) is 16.5. The van der Waals surface area contributed by atoms with E-state index in [1.54, 1.807) is 19.0 Å². The fourth-order valence-electron chi connectivity index (χ4n) is 3.10. The van der Waals surface area contributed by atoms with Crippen molar-refractivity contribution in [3.8, 4) is 0 Å². The molecule has 0 spiro atoms. The molecular formula is C13H22N6O10P2. The molecule has 2 aromatic rings. The van der Waals surface area contributed by atoms with Gasteiger partial charge in [0.2, 0.25) is 5.95 Å². The second kappa shape index (κ2) is 8.01. The summed E-state index contributed by atoms with van der Waals surface area (Å²) in [6, 6.07) is 0. The molecule has 0 aliphatic carbocycles.